The summed E-state index contributed by atoms with van der Waals surface area (Å²) in [6, 6.07) is 10.3. The van der Waals surface area contributed by atoms with Crippen molar-refractivity contribution in [3.05, 3.63) is 98.8 Å². The Morgan fingerprint density at radius 2 is 1.97 bits per heavy atom. The Kier molecular flexibility index (Phi) is 11.0. The Morgan fingerprint density at radius 1 is 1.19 bits per heavy atom. The first-order valence-electron chi connectivity index (χ1n) is 12.1. The van der Waals surface area contributed by atoms with Gasteiger partial charge in [-0.1, -0.05) is 55.1 Å². The van der Waals surface area contributed by atoms with E-state index in [2.05, 4.69) is 40.3 Å². The van der Waals surface area contributed by atoms with E-state index in [1.807, 2.05) is 38.1 Å². The summed E-state index contributed by atoms with van der Waals surface area (Å²) >= 11 is 1.60. The molecule has 0 unspecified atom stereocenters. The number of rotatable bonds is 13. The molecule has 0 radical (unpaired) electrons. The largest absolute Gasteiger partial charge is 0.494 e. The molecule has 0 atom stereocenters. The van der Waals surface area contributed by atoms with Crippen molar-refractivity contribution in [2.75, 3.05) is 13.2 Å². The van der Waals surface area contributed by atoms with Gasteiger partial charge in [0, 0.05) is 5.70 Å². The molecule has 2 aromatic heterocycles. The van der Waals surface area contributed by atoms with Crippen molar-refractivity contribution in [1.29, 1.82) is 0 Å². The number of hydrogen-bond donors (Lipinski definition) is 2. The van der Waals surface area contributed by atoms with E-state index in [4.69, 9.17) is 19.9 Å². The first-order valence-corrected chi connectivity index (χ1v) is 13.0. The second-order valence-corrected chi connectivity index (χ2v) is 9.18. The van der Waals surface area contributed by atoms with Crippen LogP contribution in [0.15, 0.2) is 71.0 Å². The van der Waals surface area contributed by atoms with Crippen LogP contribution in [0.5, 0.6) is 0 Å². The molecule has 194 valence electrons. The molecule has 9 heteroatoms. The van der Waals surface area contributed by atoms with E-state index in [9.17, 15) is 4.79 Å². The van der Waals surface area contributed by atoms with E-state index in [1.54, 1.807) is 29.6 Å². The van der Waals surface area contributed by atoms with Crippen LogP contribution in [0.4, 0.5) is 0 Å². The Morgan fingerprint density at radius 3 is 2.70 bits per heavy atom. The Bertz CT molecular complexity index is 1360. The van der Waals surface area contributed by atoms with E-state index in [0.717, 1.165) is 27.7 Å². The third-order valence-corrected chi connectivity index (χ3v) is 6.23. The fourth-order valence-corrected chi connectivity index (χ4v) is 4.30. The molecular weight excluding hydrogens is 486 g/mol. The highest BCUT2D eigenvalue weighted by atomic mass is 32.1. The fourth-order valence-electron chi connectivity index (χ4n) is 3.28. The fraction of sp³-hybridized carbons (Fsp3) is 0.286. The van der Waals surface area contributed by atoms with Crippen molar-refractivity contribution in [2.24, 2.45) is 5.73 Å². The summed E-state index contributed by atoms with van der Waals surface area (Å²) in [7, 11) is 0. The molecule has 0 bridgehead atoms. The minimum absolute atomic E-state index is 0.0336. The molecule has 0 aliphatic rings. The molecule has 1 aromatic carbocycles. The number of benzene rings is 1. The number of amides is 1. The van der Waals surface area contributed by atoms with Gasteiger partial charge in [0.05, 0.1) is 22.9 Å². The number of ether oxygens (including phenoxy) is 1. The molecular formula is C28H33N5O3S. The zero-order chi connectivity index (χ0) is 26.5. The second kappa shape index (κ2) is 14.7. The van der Waals surface area contributed by atoms with E-state index < -0.39 is 0 Å². The molecule has 0 aliphatic carbocycles. The maximum atomic E-state index is 12.5. The average Bonchev–Trinajstić information content (AvgIpc) is 3.51. The SMILES string of the molecule is C=C(/C=C\C(=C/C)NC(=O)Cc1nnc(Cc2nc(=C/C)/c(=C\Cc3ccccc3)s2)o1)OCCCN. The van der Waals surface area contributed by atoms with Gasteiger partial charge in [-0.25, -0.2) is 4.98 Å². The molecule has 0 saturated carbocycles. The minimum atomic E-state index is -0.266. The van der Waals surface area contributed by atoms with Crippen LogP contribution >= 0.6 is 11.3 Å². The summed E-state index contributed by atoms with van der Waals surface area (Å²) in [5, 5.41) is 12.8. The number of allylic oxidation sites excluding steroid dienone is 3. The van der Waals surface area contributed by atoms with Gasteiger partial charge in [-0.05, 0) is 50.9 Å². The van der Waals surface area contributed by atoms with Gasteiger partial charge in [-0.3, -0.25) is 4.79 Å². The van der Waals surface area contributed by atoms with Crippen LogP contribution in [0.1, 0.15) is 42.6 Å². The molecule has 3 aromatic rings. The van der Waals surface area contributed by atoms with Crippen molar-refractivity contribution < 1.29 is 13.9 Å². The summed E-state index contributed by atoms with van der Waals surface area (Å²) in [4.78, 5) is 17.2. The molecule has 0 saturated heterocycles. The van der Waals surface area contributed by atoms with Gasteiger partial charge >= 0.3 is 0 Å². The predicted octanol–water partition coefficient (Wildman–Crippen LogP) is 2.94. The molecule has 2 heterocycles. The summed E-state index contributed by atoms with van der Waals surface area (Å²) in [5.41, 5.74) is 7.31. The van der Waals surface area contributed by atoms with Crippen molar-refractivity contribution in [3.63, 3.8) is 0 Å². The smallest absolute Gasteiger partial charge is 0.233 e. The Labute approximate surface area is 221 Å². The minimum Gasteiger partial charge on any atom is -0.494 e. The van der Waals surface area contributed by atoms with E-state index in [1.165, 1.54) is 5.56 Å². The lowest BCUT2D eigenvalue weighted by molar-refractivity contribution is -0.120. The molecule has 0 fully saturated rings. The number of carbonyl (C=O) groups is 1. The van der Waals surface area contributed by atoms with Crippen molar-refractivity contribution in [2.45, 2.75) is 39.5 Å². The number of aromatic nitrogens is 3. The molecule has 1 amide bonds. The third kappa shape index (κ3) is 9.29. The van der Waals surface area contributed by atoms with Gasteiger partial charge in [-0.2, -0.15) is 0 Å². The Hall–Kier alpha value is -3.82. The lowest BCUT2D eigenvalue weighted by Crippen LogP contribution is -2.23. The third-order valence-electron chi connectivity index (χ3n) is 5.17. The summed E-state index contributed by atoms with van der Waals surface area (Å²) in [5.74, 6) is 0.898. The second-order valence-electron chi connectivity index (χ2n) is 8.07. The first kappa shape index (κ1) is 27.8. The van der Waals surface area contributed by atoms with Gasteiger partial charge in [-0.15, -0.1) is 21.5 Å². The molecule has 8 nitrogen and oxygen atoms in total. The van der Waals surface area contributed by atoms with E-state index >= 15 is 0 Å². The van der Waals surface area contributed by atoms with Gasteiger partial charge < -0.3 is 20.2 Å². The van der Waals surface area contributed by atoms with Crippen LogP contribution in [-0.4, -0.2) is 34.2 Å². The zero-order valence-electron chi connectivity index (χ0n) is 21.3. The molecule has 0 aliphatic heterocycles. The molecule has 0 spiro atoms. The van der Waals surface area contributed by atoms with Crippen LogP contribution in [0.25, 0.3) is 12.2 Å². The van der Waals surface area contributed by atoms with Crippen LogP contribution in [0, 0.1) is 0 Å². The van der Waals surface area contributed by atoms with Crippen molar-refractivity contribution >= 4 is 29.4 Å². The molecule has 3 N–H and O–H groups in total. The zero-order valence-corrected chi connectivity index (χ0v) is 22.1. The quantitative estimate of drug-likeness (QED) is 0.203. The number of carbonyl (C=O) groups excluding carboxylic acids is 1. The first-order chi connectivity index (χ1) is 18.0. The van der Waals surface area contributed by atoms with Crippen LogP contribution < -0.4 is 20.9 Å². The van der Waals surface area contributed by atoms with Gasteiger partial charge in [0.1, 0.15) is 17.2 Å². The number of nitrogens with one attached hydrogen (secondary N) is 1. The van der Waals surface area contributed by atoms with E-state index in [0.29, 0.717) is 36.9 Å². The predicted molar refractivity (Wildman–Crippen MR) is 147 cm³/mol. The lowest BCUT2D eigenvalue weighted by atomic mass is 10.1. The van der Waals surface area contributed by atoms with Gasteiger partial charge in [0.2, 0.25) is 17.7 Å². The van der Waals surface area contributed by atoms with Crippen LogP contribution in [-0.2, 0) is 28.8 Å². The monoisotopic (exact) mass is 519 g/mol. The van der Waals surface area contributed by atoms with Crippen molar-refractivity contribution in [3.8, 4) is 0 Å². The lowest BCUT2D eigenvalue weighted by Gasteiger charge is -2.06. The van der Waals surface area contributed by atoms with Crippen molar-refractivity contribution in [1.82, 2.24) is 20.5 Å². The maximum Gasteiger partial charge on any atom is 0.233 e. The number of nitrogens with zero attached hydrogens (tertiary/aromatic N) is 3. The summed E-state index contributed by atoms with van der Waals surface area (Å²) in [6.07, 6.45) is 11.3. The van der Waals surface area contributed by atoms with Gasteiger partial charge in [0.25, 0.3) is 0 Å². The number of hydrogen-bond acceptors (Lipinski definition) is 8. The average molecular weight is 520 g/mol. The topological polar surface area (TPSA) is 116 Å². The number of thiazole rings is 1. The van der Waals surface area contributed by atoms with Crippen LogP contribution in [0.2, 0.25) is 0 Å². The highest BCUT2D eigenvalue weighted by Gasteiger charge is 2.13. The molecule has 3 rings (SSSR count). The van der Waals surface area contributed by atoms with E-state index in [-0.39, 0.29) is 18.2 Å². The highest BCUT2D eigenvalue weighted by molar-refractivity contribution is 7.09. The van der Waals surface area contributed by atoms with Gasteiger partial charge in [0.15, 0.2) is 0 Å². The standard InChI is InChI=1S/C28H33N5O3S/c1-4-22(14-12-20(3)35-17-9-16-29)30-25(34)18-26-32-33-27(36-26)19-28-31-23(5-2)24(37-28)15-13-21-10-7-6-8-11-21/h4-8,10-12,14-15H,3,9,13,16-19,29H2,1-2H3,(H,30,34)/b14-12-,22-4+,23-5+,24-15+. The Balaban J connectivity index is 1.56. The highest BCUT2D eigenvalue weighted by Crippen LogP contribution is 2.09. The number of nitrogens with two attached hydrogens (primary N) is 1. The normalized spacial score (nSPS) is 12.9. The maximum absolute atomic E-state index is 12.5. The van der Waals surface area contributed by atoms with Crippen LogP contribution in [0.3, 0.4) is 0 Å². The summed E-state index contributed by atoms with van der Waals surface area (Å²) < 4.78 is 12.3. The summed E-state index contributed by atoms with van der Waals surface area (Å²) in [6.45, 7) is 8.68. The molecule has 37 heavy (non-hydrogen) atoms.